The Kier molecular flexibility index (Phi) is 44.8. The lowest BCUT2D eigenvalue weighted by atomic mass is 9.95. The molecule has 9 unspecified atom stereocenters. The number of nitrogens with zero attached hydrogens (tertiary/aromatic N) is 1. The quantitative estimate of drug-likeness (QED) is 0.0159. The second kappa shape index (κ2) is 45.6. The number of allylic oxidation sites excluding steroid dienone is 6. The average molecular weight is 904 g/mol. The van der Waals surface area contributed by atoms with Crippen LogP contribution in [0, 0.1) is 0 Å². The van der Waals surface area contributed by atoms with Crippen molar-refractivity contribution >= 4 is 0 Å². The van der Waals surface area contributed by atoms with Crippen LogP contribution in [-0.4, -0.2) is 59.6 Å². The highest BCUT2D eigenvalue weighted by molar-refractivity contribution is 4.94. The van der Waals surface area contributed by atoms with Gasteiger partial charge in [-0.15, -0.1) is 0 Å². The first-order chi connectivity index (χ1) is 31.0. The Bertz CT molecular complexity index is 927. The predicted molar refractivity (Wildman–Crippen MR) is 284 cm³/mol. The molecule has 0 amide bonds. The standard InChI is InChI=1S/C54H114N10/c1-4-7-10-13-16-19-22-25-28-31-34-37-40-46(55)43-49(58)52(61)64(53(62)50(59)44-47(56)41-38-35-32-29-26-23-20-17-14-11-8-5-2)54(63)51(60)45-48(57)42-39-36-33-30-27-24-21-18-15-12-9-6-3/h25-30,46-54H,4-24,31-45,55-63H2,1-3H3/b28-25-,29-26-,30-27-. The SMILES string of the molecule is CCCCCCCC/C=C\CCCCC(N)CC(N)C(N)N(C(N)C(N)CC(N)CCCC/C=C\CCCCCCCC)C(N)C(N)CC(N)CCCC/C=C\CCCCCCCC. The molecule has 10 heteroatoms. The third-order valence-electron chi connectivity index (χ3n) is 13.3. The molecule has 64 heavy (non-hydrogen) atoms. The van der Waals surface area contributed by atoms with Crippen molar-refractivity contribution in [3.8, 4) is 0 Å². The molecule has 0 fully saturated rings. The molecule has 0 saturated heterocycles. The Balaban J connectivity index is 5.17. The number of unbranched alkanes of at least 4 members (excludes halogenated alkanes) is 24. The second-order valence-corrected chi connectivity index (χ2v) is 19.8. The summed E-state index contributed by atoms with van der Waals surface area (Å²) < 4.78 is 0. The summed E-state index contributed by atoms with van der Waals surface area (Å²) in [5, 5.41) is 0. The molecule has 0 saturated carbocycles. The molecule has 0 aliphatic rings. The Morgan fingerprint density at radius 2 is 0.484 bits per heavy atom. The molecule has 18 N–H and O–H groups in total. The van der Waals surface area contributed by atoms with Crippen molar-refractivity contribution in [3.63, 3.8) is 0 Å². The summed E-state index contributed by atoms with van der Waals surface area (Å²) in [4.78, 5) is 1.85. The van der Waals surface area contributed by atoms with E-state index in [1.807, 2.05) is 4.90 Å². The van der Waals surface area contributed by atoms with Gasteiger partial charge in [0.15, 0.2) is 0 Å². The highest BCUT2D eigenvalue weighted by Gasteiger charge is 2.37. The Hall–Kier alpha value is -1.18. The van der Waals surface area contributed by atoms with Gasteiger partial charge >= 0.3 is 0 Å². The van der Waals surface area contributed by atoms with E-state index < -0.39 is 36.6 Å². The fraction of sp³-hybridized carbons (Fsp3) is 0.889. The Morgan fingerprint density at radius 1 is 0.281 bits per heavy atom. The van der Waals surface area contributed by atoms with Gasteiger partial charge in [0, 0.05) is 36.3 Å². The van der Waals surface area contributed by atoms with E-state index in [1.54, 1.807) is 0 Å². The molecule has 10 nitrogen and oxygen atoms in total. The van der Waals surface area contributed by atoms with Crippen molar-refractivity contribution in [1.82, 2.24) is 4.90 Å². The fourth-order valence-corrected chi connectivity index (χ4v) is 8.92. The smallest absolute Gasteiger partial charge is 0.0756 e. The van der Waals surface area contributed by atoms with E-state index in [9.17, 15) is 0 Å². The Morgan fingerprint density at radius 3 is 0.719 bits per heavy atom. The van der Waals surface area contributed by atoms with Gasteiger partial charge in [-0.3, -0.25) is 4.90 Å². The fourth-order valence-electron chi connectivity index (χ4n) is 8.92. The van der Waals surface area contributed by atoms with Gasteiger partial charge in [-0.05, 0) is 116 Å². The number of hydrogen-bond acceptors (Lipinski definition) is 10. The first-order valence-corrected chi connectivity index (χ1v) is 27.5. The lowest BCUT2D eigenvalue weighted by Gasteiger charge is -2.45. The van der Waals surface area contributed by atoms with Gasteiger partial charge in [-0.25, -0.2) is 0 Å². The minimum atomic E-state index is -0.684. The van der Waals surface area contributed by atoms with E-state index >= 15 is 0 Å². The van der Waals surface area contributed by atoms with Crippen LogP contribution >= 0.6 is 0 Å². The molecule has 9 atom stereocenters. The first kappa shape index (κ1) is 62.8. The van der Waals surface area contributed by atoms with Gasteiger partial charge in [0.2, 0.25) is 0 Å². The van der Waals surface area contributed by atoms with Crippen molar-refractivity contribution in [2.75, 3.05) is 0 Å². The number of rotatable bonds is 48. The van der Waals surface area contributed by atoms with E-state index in [0.29, 0.717) is 19.3 Å². The monoisotopic (exact) mass is 903 g/mol. The molecule has 0 radical (unpaired) electrons. The van der Waals surface area contributed by atoms with Gasteiger partial charge in [0.25, 0.3) is 0 Å². The van der Waals surface area contributed by atoms with E-state index in [1.165, 1.54) is 135 Å². The molecular weight excluding hydrogens is 789 g/mol. The average Bonchev–Trinajstić information content (AvgIpc) is 3.27. The zero-order valence-electron chi connectivity index (χ0n) is 42.8. The molecule has 0 heterocycles. The van der Waals surface area contributed by atoms with Gasteiger partial charge in [0.05, 0.1) is 18.5 Å². The molecule has 0 aromatic heterocycles. The van der Waals surface area contributed by atoms with Crippen LogP contribution in [0.25, 0.3) is 0 Å². The van der Waals surface area contributed by atoms with Crippen molar-refractivity contribution < 1.29 is 0 Å². The summed E-state index contributed by atoms with van der Waals surface area (Å²) in [5.74, 6) is 0. The van der Waals surface area contributed by atoms with Crippen molar-refractivity contribution in [2.45, 2.75) is 307 Å². The predicted octanol–water partition coefficient (Wildman–Crippen LogP) is 10.9. The first-order valence-electron chi connectivity index (χ1n) is 27.5. The maximum Gasteiger partial charge on any atom is 0.0756 e. The van der Waals surface area contributed by atoms with E-state index in [4.69, 9.17) is 51.6 Å². The zero-order valence-corrected chi connectivity index (χ0v) is 42.8. The van der Waals surface area contributed by atoms with E-state index in [2.05, 4.69) is 57.2 Å². The summed E-state index contributed by atoms with van der Waals surface area (Å²) >= 11 is 0. The number of hydrogen-bond donors (Lipinski definition) is 9. The molecule has 380 valence electrons. The maximum absolute atomic E-state index is 6.98. The minimum Gasteiger partial charge on any atom is -0.328 e. The Labute approximate surface area is 398 Å². The molecule has 0 aromatic rings. The van der Waals surface area contributed by atoms with Crippen molar-refractivity contribution in [3.05, 3.63) is 36.5 Å². The van der Waals surface area contributed by atoms with Crippen molar-refractivity contribution in [1.29, 1.82) is 0 Å². The van der Waals surface area contributed by atoms with Crippen LogP contribution in [0.2, 0.25) is 0 Å². The van der Waals surface area contributed by atoms with Crippen LogP contribution < -0.4 is 51.6 Å². The summed E-state index contributed by atoms with van der Waals surface area (Å²) in [6.07, 6.45) is 53.6. The summed E-state index contributed by atoms with van der Waals surface area (Å²) in [6.45, 7) is 6.80. The molecule has 0 aliphatic carbocycles. The highest BCUT2D eigenvalue weighted by Crippen LogP contribution is 2.19. The van der Waals surface area contributed by atoms with Crippen LogP contribution in [0.15, 0.2) is 36.5 Å². The zero-order chi connectivity index (χ0) is 47.5. The molecular formula is C54H114N10. The van der Waals surface area contributed by atoms with Gasteiger partial charge in [-0.2, -0.15) is 0 Å². The molecule has 0 aliphatic heterocycles. The normalized spacial score (nSPS) is 16.8. The number of nitrogens with two attached hydrogens (primary N) is 9. The largest absolute Gasteiger partial charge is 0.328 e. The van der Waals surface area contributed by atoms with E-state index in [-0.39, 0.29) is 18.1 Å². The van der Waals surface area contributed by atoms with E-state index in [0.717, 1.165) is 77.0 Å². The van der Waals surface area contributed by atoms with Crippen LogP contribution in [0.3, 0.4) is 0 Å². The molecule has 0 aromatic carbocycles. The third-order valence-corrected chi connectivity index (χ3v) is 13.3. The van der Waals surface area contributed by atoms with Crippen LogP contribution in [0.1, 0.15) is 252 Å². The van der Waals surface area contributed by atoms with Gasteiger partial charge in [-0.1, -0.05) is 173 Å². The highest BCUT2D eigenvalue weighted by atomic mass is 15.4. The second-order valence-electron chi connectivity index (χ2n) is 19.8. The summed E-state index contributed by atoms with van der Waals surface area (Å²) in [5.41, 5.74) is 61.4. The van der Waals surface area contributed by atoms with Crippen LogP contribution in [-0.2, 0) is 0 Å². The lowest BCUT2D eigenvalue weighted by molar-refractivity contribution is 0.0371. The van der Waals surface area contributed by atoms with Gasteiger partial charge < -0.3 is 51.6 Å². The molecule has 0 spiro atoms. The lowest BCUT2D eigenvalue weighted by Crippen LogP contribution is -2.72. The van der Waals surface area contributed by atoms with Gasteiger partial charge in [0.1, 0.15) is 0 Å². The summed E-state index contributed by atoms with van der Waals surface area (Å²) in [6, 6.07) is -1.63. The van der Waals surface area contributed by atoms with Crippen LogP contribution in [0.4, 0.5) is 0 Å². The van der Waals surface area contributed by atoms with Crippen molar-refractivity contribution in [2.24, 2.45) is 51.6 Å². The minimum absolute atomic E-state index is 0.0811. The topological polar surface area (TPSA) is 237 Å². The summed E-state index contributed by atoms with van der Waals surface area (Å²) in [7, 11) is 0. The molecule has 0 rings (SSSR count). The maximum atomic E-state index is 6.98. The third kappa shape index (κ3) is 36.9. The molecule has 0 bridgehead atoms. The van der Waals surface area contributed by atoms with Crippen LogP contribution in [0.5, 0.6) is 0 Å².